The van der Waals surface area contributed by atoms with Gasteiger partial charge in [-0.25, -0.2) is 0 Å². The monoisotopic (exact) mass is 296 g/mol. The van der Waals surface area contributed by atoms with Gasteiger partial charge in [-0.1, -0.05) is 36.4 Å². The number of pyridine rings is 1. The number of aromatic hydroxyl groups is 1. The molecule has 0 aliphatic heterocycles. The predicted molar refractivity (Wildman–Crippen MR) is 85.3 cm³/mol. The lowest BCUT2D eigenvalue weighted by molar-refractivity contribution is 0.471. The Balaban J connectivity index is 1.78. The van der Waals surface area contributed by atoms with Crippen LogP contribution in [-0.2, 0) is 6.54 Å². The number of benzene rings is 1. The van der Waals surface area contributed by atoms with E-state index in [0.29, 0.717) is 6.54 Å². The number of rotatable bonds is 5. The first-order chi connectivity index (χ1) is 10.3. The average Bonchev–Trinajstić information content (AvgIpc) is 3.05. The van der Waals surface area contributed by atoms with Crippen LogP contribution in [0.2, 0.25) is 0 Å². The molecule has 0 aliphatic rings. The summed E-state index contributed by atoms with van der Waals surface area (Å²) in [6.45, 7) is 0.651. The van der Waals surface area contributed by atoms with Gasteiger partial charge >= 0.3 is 0 Å². The van der Waals surface area contributed by atoms with Gasteiger partial charge in [0.2, 0.25) is 0 Å². The van der Waals surface area contributed by atoms with E-state index >= 15 is 0 Å². The third kappa shape index (κ3) is 3.48. The van der Waals surface area contributed by atoms with Gasteiger partial charge in [0.1, 0.15) is 5.75 Å². The van der Waals surface area contributed by atoms with Crippen molar-refractivity contribution in [2.75, 3.05) is 0 Å². The maximum atomic E-state index is 9.28. The molecule has 0 amide bonds. The lowest BCUT2D eigenvalue weighted by Gasteiger charge is -2.18. The van der Waals surface area contributed by atoms with E-state index in [0.717, 1.165) is 5.69 Å². The number of hydrogen-bond donors (Lipinski definition) is 2. The molecule has 0 aliphatic carbocycles. The first-order valence-electron chi connectivity index (χ1n) is 6.78. The number of nitrogens with one attached hydrogen (secondary N) is 1. The first-order valence-corrected chi connectivity index (χ1v) is 7.66. The van der Waals surface area contributed by atoms with Crippen LogP contribution in [0.4, 0.5) is 0 Å². The average molecular weight is 296 g/mol. The molecular weight excluding hydrogens is 280 g/mol. The van der Waals surface area contributed by atoms with Gasteiger partial charge in [-0.3, -0.25) is 10.3 Å². The van der Waals surface area contributed by atoms with E-state index in [2.05, 4.69) is 52.1 Å². The second kappa shape index (κ2) is 6.52. The molecule has 2 aromatic heterocycles. The minimum atomic E-state index is 0.154. The third-order valence-corrected chi connectivity index (χ3v) is 4.19. The maximum Gasteiger partial charge on any atom is 0.133 e. The zero-order valence-electron chi connectivity index (χ0n) is 11.4. The molecule has 1 unspecified atom stereocenters. The SMILES string of the molecule is Oc1ccc(CNC(c2ccccc2)c2cccs2)nc1. The van der Waals surface area contributed by atoms with E-state index in [4.69, 9.17) is 0 Å². The van der Waals surface area contributed by atoms with Gasteiger partial charge in [0.25, 0.3) is 0 Å². The van der Waals surface area contributed by atoms with Crippen LogP contribution in [0, 0.1) is 0 Å². The minimum Gasteiger partial charge on any atom is -0.506 e. The van der Waals surface area contributed by atoms with Crippen LogP contribution in [0.1, 0.15) is 22.2 Å². The second-order valence-corrected chi connectivity index (χ2v) is 5.73. The van der Waals surface area contributed by atoms with Crippen molar-refractivity contribution in [3.05, 3.63) is 82.3 Å². The Labute approximate surface area is 127 Å². The normalized spacial score (nSPS) is 12.2. The molecule has 4 heteroatoms. The van der Waals surface area contributed by atoms with Crippen molar-refractivity contribution in [2.24, 2.45) is 0 Å². The molecule has 3 aromatic rings. The van der Waals surface area contributed by atoms with Gasteiger partial charge in [-0.2, -0.15) is 0 Å². The Hall–Kier alpha value is -2.17. The zero-order chi connectivity index (χ0) is 14.5. The van der Waals surface area contributed by atoms with Crippen LogP contribution < -0.4 is 5.32 Å². The molecule has 1 aromatic carbocycles. The van der Waals surface area contributed by atoms with Crippen molar-refractivity contribution in [3.63, 3.8) is 0 Å². The standard InChI is InChI=1S/C17H16N2OS/c20-15-9-8-14(18-12-15)11-19-17(16-7-4-10-21-16)13-5-2-1-3-6-13/h1-10,12,17,19-20H,11H2. The van der Waals surface area contributed by atoms with Gasteiger partial charge in [0.05, 0.1) is 17.9 Å². The quantitative estimate of drug-likeness (QED) is 0.754. The summed E-state index contributed by atoms with van der Waals surface area (Å²) in [6, 6.07) is 18.2. The van der Waals surface area contributed by atoms with Gasteiger partial charge in [0.15, 0.2) is 0 Å². The summed E-state index contributed by atoms with van der Waals surface area (Å²) in [5.74, 6) is 0.191. The first kappa shape index (κ1) is 13.8. The van der Waals surface area contributed by atoms with E-state index in [9.17, 15) is 5.11 Å². The van der Waals surface area contributed by atoms with E-state index < -0.39 is 0 Å². The Bertz CT molecular complexity index is 666. The van der Waals surface area contributed by atoms with Crippen molar-refractivity contribution in [1.82, 2.24) is 10.3 Å². The van der Waals surface area contributed by atoms with Crippen molar-refractivity contribution in [1.29, 1.82) is 0 Å². The lowest BCUT2D eigenvalue weighted by Crippen LogP contribution is -2.21. The minimum absolute atomic E-state index is 0.154. The number of thiophene rings is 1. The van der Waals surface area contributed by atoms with Crippen molar-refractivity contribution >= 4 is 11.3 Å². The smallest absolute Gasteiger partial charge is 0.133 e. The highest BCUT2D eigenvalue weighted by atomic mass is 32.1. The summed E-state index contributed by atoms with van der Waals surface area (Å²) in [5, 5.41) is 14.9. The molecule has 106 valence electrons. The molecule has 0 bridgehead atoms. The summed E-state index contributed by atoms with van der Waals surface area (Å²) in [5.41, 5.74) is 2.14. The summed E-state index contributed by atoms with van der Waals surface area (Å²) in [4.78, 5) is 5.49. The second-order valence-electron chi connectivity index (χ2n) is 4.75. The number of nitrogens with zero attached hydrogens (tertiary/aromatic N) is 1. The van der Waals surface area contributed by atoms with Crippen LogP contribution >= 0.6 is 11.3 Å². The summed E-state index contributed by atoms with van der Waals surface area (Å²) in [7, 11) is 0. The topological polar surface area (TPSA) is 45.1 Å². The molecule has 0 fully saturated rings. The van der Waals surface area contributed by atoms with E-state index in [1.807, 2.05) is 12.1 Å². The molecule has 0 saturated heterocycles. The molecule has 0 radical (unpaired) electrons. The van der Waals surface area contributed by atoms with Gasteiger partial charge < -0.3 is 5.11 Å². The fourth-order valence-electron chi connectivity index (χ4n) is 2.21. The van der Waals surface area contributed by atoms with Crippen LogP contribution in [0.5, 0.6) is 5.75 Å². The third-order valence-electron chi connectivity index (χ3n) is 3.26. The fourth-order valence-corrected chi connectivity index (χ4v) is 3.04. The Kier molecular flexibility index (Phi) is 4.28. The molecule has 3 rings (SSSR count). The largest absolute Gasteiger partial charge is 0.506 e. The fraction of sp³-hybridized carbons (Fsp3) is 0.118. The number of hydrogen-bond acceptors (Lipinski definition) is 4. The molecule has 0 saturated carbocycles. The molecule has 0 spiro atoms. The molecule has 1 atom stereocenters. The highest BCUT2D eigenvalue weighted by Gasteiger charge is 2.14. The highest BCUT2D eigenvalue weighted by Crippen LogP contribution is 2.26. The molecular formula is C17H16N2OS. The van der Waals surface area contributed by atoms with Crippen LogP contribution in [0.3, 0.4) is 0 Å². The summed E-state index contributed by atoms with van der Waals surface area (Å²) >= 11 is 1.74. The lowest BCUT2D eigenvalue weighted by atomic mass is 10.1. The van der Waals surface area contributed by atoms with Gasteiger partial charge in [-0.15, -0.1) is 11.3 Å². The van der Waals surface area contributed by atoms with Crippen molar-refractivity contribution in [2.45, 2.75) is 12.6 Å². The number of aromatic nitrogens is 1. The molecule has 3 nitrogen and oxygen atoms in total. The van der Waals surface area contributed by atoms with E-state index in [1.165, 1.54) is 16.6 Å². The van der Waals surface area contributed by atoms with Crippen molar-refractivity contribution < 1.29 is 5.11 Å². The zero-order valence-corrected chi connectivity index (χ0v) is 12.3. The van der Waals surface area contributed by atoms with E-state index in [1.54, 1.807) is 17.4 Å². The predicted octanol–water partition coefficient (Wildman–Crippen LogP) is 3.73. The van der Waals surface area contributed by atoms with Crippen LogP contribution in [0.25, 0.3) is 0 Å². The molecule has 21 heavy (non-hydrogen) atoms. The summed E-state index contributed by atoms with van der Waals surface area (Å²) in [6.07, 6.45) is 1.47. The van der Waals surface area contributed by atoms with Gasteiger partial charge in [-0.05, 0) is 29.1 Å². The highest BCUT2D eigenvalue weighted by molar-refractivity contribution is 7.10. The van der Waals surface area contributed by atoms with Gasteiger partial charge in [0, 0.05) is 11.4 Å². The summed E-state index contributed by atoms with van der Waals surface area (Å²) < 4.78 is 0. The van der Waals surface area contributed by atoms with E-state index in [-0.39, 0.29) is 11.8 Å². The Morgan fingerprint density at radius 1 is 1.05 bits per heavy atom. The van der Waals surface area contributed by atoms with Crippen LogP contribution in [-0.4, -0.2) is 10.1 Å². The maximum absolute atomic E-state index is 9.28. The van der Waals surface area contributed by atoms with Crippen molar-refractivity contribution in [3.8, 4) is 5.75 Å². The van der Waals surface area contributed by atoms with Crippen LogP contribution in [0.15, 0.2) is 66.2 Å². The molecule has 2 N–H and O–H groups in total. The molecule has 2 heterocycles. The Morgan fingerprint density at radius 2 is 1.90 bits per heavy atom. The Morgan fingerprint density at radius 3 is 2.57 bits per heavy atom.